The Labute approximate surface area is 104 Å². The largest absolute Gasteiger partial charge is 0.337 e. The lowest BCUT2D eigenvalue weighted by atomic mass is 10.2. The van der Waals surface area contributed by atoms with Crippen LogP contribution in [0.2, 0.25) is 18.1 Å². The molecule has 0 unspecified atom stereocenters. The molecule has 0 rings (SSSR count). The summed E-state index contributed by atoms with van der Waals surface area (Å²) >= 11 is 0. The van der Waals surface area contributed by atoms with Crippen molar-refractivity contribution in [1.29, 1.82) is 0 Å². The monoisotopic (exact) mass is 243 g/mol. The molecule has 2 heteroatoms. The second kappa shape index (κ2) is 7.49. The third-order valence-electron chi connectivity index (χ3n) is 2.95. The third-order valence-corrected chi connectivity index (χ3v) is 8.85. The highest BCUT2D eigenvalue weighted by molar-refractivity contribution is 6.77. The van der Waals surface area contributed by atoms with Gasteiger partial charge in [0.2, 0.25) is 0 Å². The van der Waals surface area contributed by atoms with Crippen LogP contribution in [0, 0.1) is 17.8 Å². The van der Waals surface area contributed by atoms with Gasteiger partial charge in [-0.25, -0.2) is 0 Å². The number of hydrogen-bond acceptors (Lipinski definition) is 1. The van der Waals surface area contributed by atoms with E-state index in [1.54, 1.807) is 0 Å². The molecule has 0 aromatic heterocycles. The van der Waals surface area contributed by atoms with Gasteiger partial charge in [0, 0.05) is 0 Å². The van der Waals surface area contributed by atoms with Gasteiger partial charge in [-0.3, -0.25) is 0 Å². The molecular weight excluding hydrogens is 210 g/mol. The van der Waals surface area contributed by atoms with E-state index in [0.717, 1.165) is 24.3 Å². The van der Waals surface area contributed by atoms with Crippen molar-refractivity contribution in [3.8, 4) is 0 Å². The minimum atomic E-state index is -1.23. The smallest absolute Gasteiger partial charge is 0.126 e. The second-order valence-corrected chi connectivity index (χ2v) is 10.7. The average Bonchev–Trinajstić information content (AvgIpc) is 1.98. The molecule has 0 saturated heterocycles. The van der Waals surface area contributed by atoms with E-state index >= 15 is 0 Å². The van der Waals surface area contributed by atoms with Crippen molar-refractivity contribution < 1.29 is 0 Å². The molecule has 16 heavy (non-hydrogen) atoms. The van der Waals surface area contributed by atoms with Crippen molar-refractivity contribution in [2.24, 2.45) is 17.8 Å². The molecule has 0 fully saturated rings. The summed E-state index contributed by atoms with van der Waals surface area (Å²) in [5, 5.41) is 0. The van der Waals surface area contributed by atoms with Crippen molar-refractivity contribution >= 4 is 8.24 Å². The van der Waals surface area contributed by atoms with E-state index in [2.05, 4.69) is 53.4 Å². The maximum Gasteiger partial charge on any atom is 0.126 e. The summed E-state index contributed by atoms with van der Waals surface area (Å²) in [7, 11) is -1.23. The molecule has 0 aromatic rings. The lowest BCUT2D eigenvalue weighted by Crippen LogP contribution is -2.52. The lowest BCUT2D eigenvalue weighted by molar-refractivity contribution is 0.622. The van der Waals surface area contributed by atoms with Crippen LogP contribution < -0.4 is 4.98 Å². The van der Waals surface area contributed by atoms with Gasteiger partial charge in [0.15, 0.2) is 0 Å². The molecule has 1 N–H and O–H groups in total. The van der Waals surface area contributed by atoms with E-state index in [-0.39, 0.29) is 0 Å². The Morgan fingerprint density at radius 3 is 1.25 bits per heavy atom. The van der Waals surface area contributed by atoms with Crippen LogP contribution >= 0.6 is 0 Å². The van der Waals surface area contributed by atoms with Crippen molar-refractivity contribution in [3.63, 3.8) is 0 Å². The zero-order chi connectivity index (χ0) is 12.8. The van der Waals surface area contributed by atoms with Crippen molar-refractivity contribution in [1.82, 2.24) is 4.98 Å². The molecule has 0 atom stereocenters. The molecule has 1 nitrogen and oxygen atoms in total. The van der Waals surface area contributed by atoms with Crippen LogP contribution in [0.4, 0.5) is 0 Å². The van der Waals surface area contributed by atoms with Gasteiger partial charge in [-0.05, 0) is 42.4 Å². The Hall–Kier alpha value is 0.177. The van der Waals surface area contributed by atoms with Gasteiger partial charge >= 0.3 is 0 Å². The Morgan fingerprint density at radius 1 is 0.750 bits per heavy atom. The first-order valence-electron chi connectivity index (χ1n) is 7.06. The van der Waals surface area contributed by atoms with Crippen LogP contribution in [0.25, 0.3) is 0 Å². The molecule has 0 spiro atoms. The van der Waals surface area contributed by atoms with E-state index in [1.807, 2.05) is 0 Å². The molecule has 0 saturated carbocycles. The van der Waals surface area contributed by atoms with Crippen molar-refractivity contribution in [2.45, 2.75) is 66.6 Å². The summed E-state index contributed by atoms with van der Waals surface area (Å²) in [6, 6.07) is 4.32. The zero-order valence-electron chi connectivity index (χ0n) is 12.6. The van der Waals surface area contributed by atoms with Gasteiger partial charge < -0.3 is 4.98 Å². The molecule has 0 aliphatic rings. The topological polar surface area (TPSA) is 12.0 Å². The molecule has 0 radical (unpaired) electrons. The van der Waals surface area contributed by atoms with Crippen LogP contribution in [0.5, 0.6) is 0 Å². The second-order valence-electron chi connectivity index (χ2n) is 6.60. The van der Waals surface area contributed by atoms with Crippen LogP contribution in [0.15, 0.2) is 0 Å². The van der Waals surface area contributed by atoms with Crippen LogP contribution in [0.3, 0.4) is 0 Å². The first-order valence-corrected chi connectivity index (χ1v) is 9.68. The molecule has 0 aliphatic heterocycles. The summed E-state index contributed by atoms with van der Waals surface area (Å²) in [5.41, 5.74) is 0. The van der Waals surface area contributed by atoms with Gasteiger partial charge in [0.25, 0.3) is 0 Å². The Morgan fingerprint density at radius 2 is 1.06 bits per heavy atom. The Bertz CT molecular complexity index is 149. The molecule has 0 heterocycles. The maximum absolute atomic E-state index is 3.93. The van der Waals surface area contributed by atoms with E-state index in [0.29, 0.717) is 0 Å². The van der Waals surface area contributed by atoms with E-state index in [4.69, 9.17) is 0 Å². The van der Waals surface area contributed by atoms with E-state index < -0.39 is 8.24 Å². The first kappa shape index (κ1) is 16.2. The molecule has 0 bridgehead atoms. The van der Waals surface area contributed by atoms with E-state index in [9.17, 15) is 0 Å². The number of rotatable bonds is 8. The molecule has 98 valence electrons. The van der Waals surface area contributed by atoms with E-state index in [1.165, 1.54) is 18.1 Å². The Kier molecular flexibility index (Phi) is 7.58. The molecule has 0 aromatic carbocycles. The molecule has 0 amide bonds. The van der Waals surface area contributed by atoms with Gasteiger partial charge in [-0.15, -0.1) is 0 Å². The highest BCUT2D eigenvalue weighted by atomic mass is 28.3. The molecule has 0 aliphatic carbocycles. The summed E-state index contributed by atoms with van der Waals surface area (Å²) in [6.45, 7) is 17.7. The fourth-order valence-electron chi connectivity index (χ4n) is 3.19. The first-order chi connectivity index (χ1) is 7.31. The van der Waals surface area contributed by atoms with Crippen molar-refractivity contribution in [2.75, 3.05) is 6.54 Å². The maximum atomic E-state index is 3.93. The van der Waals surface area contributed by atoms with Crippen molar-refractivity contribution in [3.05, 3.63) is 0 Å². The summed E-state index contributed by atoms with van der Waals surface area (Å²) in [4.78, 5) is 3.93. The summed E-state index contributed by atoms with van der Waals surface area (Å²) < 4.78 is 0. The minimum absolute atomic E-state index is 0.836. The summed E-state index contributed by atoms with van der Waals surface area (Å²) in [5.74, 6) is 2.51. The minimum Gasteiger partial charge on any atom is -0.337 e. The third kappa shape index (κ3) is 6.69. The summed E-state index contributed by atoms with van der Waals surface area (Å²) in [6.07, 6.45) is 0. The fraction of sp³-hybridized carbons (Fsp3) is 1.00. The number of nitrogens with one attached hydrogen (secondary N) is 1. The normalized spacial score (nSPS) is 13.1. The Balaban J connectivity index is 4.72. The van der Waals surface area contributed by atoms with Gasteiger partial charge in [0.05, 0.1) is 0 Å². The fourth-order valence-corrected chi connectivity index (χ4v) is 9.56. The van der Waals surface area contributed by atoms with Crippen LogP contribution in [-0.4, -0.2) is 14.8 Å². The predicted molar refractivity (Wildman–Crippen MR) is 78.4 cm³/mol. The molecular formula is C14H33NSi. The average molecular weight is 244 g/mol. The van der Waals surface area contributed by atoms with Gasteiger partial charge in [-0.2, -0.15) is 0 Å². The van der Waals surface area contributed by atoms with Gasteiger partial charge in [0.1, 0.15) is 8.24 Å². The number of hydrogen-bond donors (Lipinski definition) is 1. The SMILES string of the molecule is CCN[Si](CC(C)C)(CC(C)C)CC(C)C. The van der Waals surface area contributed by atoms with Crippen LogP contribution in [0.1, 0.15) is 48.5 Å². The highest BCUT2D eigenvalue weighted by Gasteiger charge is 2.34. The quantitative estimate of drug-likeness (QED) is 0.619. The van der Waals surface area contributed by atoms with Gasteiger partial charge in [-0.1, -0.05) is 48.5 Å². The zero-order valence-corrected chi connectivity index (χ0v) is 13.6. The lowest BCUT2D eigenvalue weighted by Gasteiger charge is -2.37. The predicted octanol–water partition coefficient (Wildman–Crippen LogP) is 4.51. The van der Waals surface area contributed by atoms with Crippen LogP contribution in [-0.2, 0) is 0 Å². The standard InChI is InChI=1S/C14H33NSi/c1-8-15-16(9-12(2)3,10-13(4)5)11-14(6)7/h12-15H,8-11H2,1-7H3. The highest BCUT2D eigenvalue weighted by Crippen LogP contribution is 2.29.